The van der Waals surface area contributed by atoms with E-state index in [0.29, 0.717) is 5.92 Å². The molecule has 19 heavy (non-hydrogen) atoms. The van der Waals surface area contributed by atoms with E-state index in [4.69, 9.17) is 0 Å². The van der Waals surface area contributed by atoms with Crippen LogP contribution in [0.3, 0.4) is 0 Å². The largest absolute Gasteiger partial charge is 0.337 e. The van der Waals surface area contributed by atoms with Gasteiger partial charge in [-0.15, -0.1) is 0 Å². The lowest BCUT2D eigenvalue weighted by Gasteiger charge is -2.31. The second-order valence-electron chi connectivity index (χ2n) is 5.69. The quantitative estimate of drug-likeness (QED) is 0.869. The summed E-state index contributed by atoms with van der Waals surface area (Å²) in [5, 5.41) is 3.11. The summed E-state index contributed by atoms with van der Waals surface area (Å²) in [5.41, 5.74) is 2.86. The van der Waals surface area contributed by atoms with Crippen LogP contribution in [0.2, 0.25) is 0 Å². The standard InChI is InChI=1S/C16H22N2O/c19-16(18-9-5-1-2-6-10-18)17-12-14-11-13-7-3-4-8-15(13)14/h3-4,7-8,14H,1-2,5-6,9-12H2,(H,17,19). The van der Waals surface area contributed by atoms with E-state index in [1.54, 1.807) is 0 Å². The lowest BCUT2D eigenvalue weighted by Crippen LogP contribution is -2.43. The smallest absolute Gasteiger partial charge is 0.317 e. The van der Waals surface area contributed by atoms with Crippen LogP contribution in [0, 0.1) is 0 Å². The zero-order valence-electron chi connectivity index (χ0n) is 11.4. The minimum atomic E-state index is 0.131. The molecule has 102 valence electrons. The third kappa shape index (κ3) is 2.75. The number of hydrogen-bond acceptors (Lipinski definition) is 1. The number of nitrogens with zero attached hydrogens (tertiary/aromatic N) is 1. The number of carbonyl (C=O) groups excluding carboxylic acids is 1. The minimum Gasteiger partial charge on any atom is -0.337 e. The summed E-state index contributed by atoms with van der Waals surface area (Å²) in [7, 11) is 0. The third-order valence-electron chi connectivity index (χ3n) is 4.35. The second-order valence-corrected chi connectivity index (χ2v) is 5.69. The average molecular weight is 258 g/mol. The molecule has 1 aromatic rings. The number of urea groups is 1. The average Bonchev–Trinajstić information content (AvgIpc) is 2.68. The highest BCUT2D eigenvalue weighted by Gasteiger charge is 2.26. The summed E-state index contributed by atoms with van der Waals surface area (Å²) in [6, 6.07) is 8.67. The fourth-order valence-corrected chi connectivity index (χ4v) is 3.14. The molecule has 3 nitrogen and oxygen atoms in total. The molecule has 1 aromatic carbocycles. The highest BCUT2D eigenvalue weighted by atomic mass is 16.2. The van der Waals surface area contributed by atoms with Gasteiger partial charge in [0.05, 0.1) is 0 Å². The number of amides is 2. The molecular formula is C16H22N2O. The van der Waals surface area contributed by atoms with Gasteiger partial charge < -0.3 is 10.2 Å². The van der Waals surface area contributed by atoms with Crippen LogP contribution in [0.25, 0.3) is 0 Å². The fraction of sp³-hybridized carbons (Fsp3) is 0.562. The number of benzene rings is 1. The molecule has 2 aliphatic rings. The minimum absolute atomic E-state index is 0.131. The van der Waals surface area contributed by atoms with Crippen molar-refractivity contribution in [1.82, 2.24) is 10.2 Å². The van der Waals surface area contributed by atoms with Gasteiger partial charge in [0.25, 0.3) is 0 Å². The number of fused-ring (bicyclic) bond motifs is 1. The van der Waals surface area contributed by atoms with Gasteiger partial charge in [0, 0.05) is 25.6 Å². The number of carbonyl (C=O) groups is 1. The molecule has 0 saturated carbocycles. The predicted octanol–water partition coefficient (Wildman–Crippen LogP) is 2.91. The first-order valence-electron chi connectivity index (χ1n) is 7.45. The van der Waals surface area contributed by atoms with Gasteiger partial charge in [-0.25, -0.2) is 4.79 Å². The Bertz CT molecular complexity index is 450. The summed E-state index contributed by atoms with van der Waals surface area (Å²) in [5.74, 6) is 0.520. The highest BCUT2D eigenvalue weighted by molar-refractivity contribution is 5.74. The topological polar surface area (TPSA) is 32.3 Å². The van der Waals surface area contributed by atoms with Crippen molar-refractivity contribution >= 4 is 6.03 Å². The van der Waals surface area contributed by atoms with E-state index in [1.807, 2.05) is 4.90 Å². The number of nitrogens with one attached hydrogen (secondary N) is 1. The van der Waals surface area contributed by atoms with Crippen LogP contribution in [0.1, 0.15) is 42.7 Å². The molecule has 2 amide bonds. The molecule has 0 bridgehead atoms. The van der Waals surface area contributed by atoms with E-state index in [1.165, 1.54) is 24.0 Å². The molecule has 1 aliphatic heterocycles. The van der Waals surface area contributed by atoms with Crippen LogP contribution < -0.4 is 5.32 Å². The van der Waals surface area contributed by atoms with Gasteiger partial charge in [0.15, 0.2) is 0 Å². The van der Waals surface area contributed by atoms with E-state index in [9.17, 15) is 4.79 Å². The summed E-state index contributed by atoms with van der Waals surface area (Å²) in [6.07, 6.45) is 5.94. The van der Waals surface area contributed by atoms with Crippen LogP contribution in [-0.2, 0) is 6.42 Å². The molecule has 1 heterocycles. The van der Waals surface area contributed by atoms with Gasteiger partial charge in [0.2, 0.25) is 0 Å². The van der Waals surface area contributed by atoms with E-state index in [2.05, 4.69) is 29.6 Å². The Hall–Kier alpha value is -1.51. The molecule has 1 aliphatic carbocycles. The van der Waals surface area contributed by atoms with Crippen molar-refractivity contribution in [2.45, 2.75) is 38.0 Å². The van der Waals surface area contributed by atoms with Crippen molar-refractivity contribution in [3.63, 3.8) is 0 Å². The number of likely N-dealkylation sites (tertiary alicyclic amines) is 1. The Morgan fingerprint density at radius 3 is 2.63 bits per heavy atom. The van der Waals surface area contributed by atoms with Gasteiger partial charge in [-0.1, -0.05) is 37.1 Å². The normalized spacial score (nSPS) is 22.1. The molecule has 1 fully saturated rings. The van der Waals surface area contributed by atoms with Gasteiger partial charge in [-0.2, -0.15) is 0 Å². The van der Waals surface area contributed by atoms with Crippen molar-refractivity contribution in [2.24, 2.45) is 0 Å². The Morgan fingerprint density at radius 1 is 1.16 bits per heavy atom. The first kappa shape index (κ1) is 12.5. The Balaban J connectivity index is 1.49. The van der Waals surface area contributed by atoms with Crippen molar-refractivity contribution in [3.05, 3.63) is 35.4 Å². The van der Waals surface area contributed by atoms with Crippen molar-refractivity contribution < 1.29 is 4.79 Å². The molecule has 1 atom stereocenters. The monoisotopic (exact) mass is 258 g/mol. The SMILES string of the molecule is O=C(NCC1Cc2ccccc21)N1CCCCCC1. The Morgan fingerprint density at radius 2 is 1.89 bits per heavy atom. The third-order valence-corrected chi connectivity index (χ3v) is 4.35. The summed E-state index contributed by atoms with van der Waals surface area (Å²) >= 11 is 0. The summed E-state index contributed by atoms with van der Waals surface area (Å²) in [4.78, 5) is 14.1. The molecule has 3 rings (SSSR count). The zero-order valence-corrected chi connectivity index (χ0v) is 11.4. The van der Waals surface area contributed by atoms with E-state index in [0.717, 1.165) is 38.9 Å². The molecule has 1 unspecified atom stereocenters. The van der Waals surface area contributed by atoms with Crippen LogP contribution in [0.5, 0.6) is 0 Å². The van der Waals surface area contributed by atoms with Gasteiger partial charge in [-0.05, 0) is 30.4 Å². The molecular weight excluding hydrogens is 236 g/mol. The maximum Gasteiger partial charge on any atom is 0.317 e. The van der Waals surface area contributed by atoms with Gasteiger partial charge in [-0.3, -0.25) is 0 Å². The first-order valence-corrected chi connectivity index (χ1v) is 7.45. The molecule has 1 N–H and O–H groups in total. The Kier molecular flexibility index (Phi) is 3.72. The van der Waals surface area contributed by atoms with Gasteiger partial charge in [0.1, 0.15) is 0 Å². The van der Waals surface area contributed by atoms with E-state index in [-0.39, 0.29) is 6.03 Å². The molecule has 0 spiro atoms. The lowest BCUT2D eigenvalue weighted by atomic mass is 9.78. The zero-order chi connectivity index (χ0) is 13.1. The number of hydrogen-bond donors (Lipinski definition) is 1. The number of rotatable bonds is 2. The lowest BCUT2D eigenvalue weighted by molar-refractivity contribution is 0.199. The fourth-order valence-electron chi connectivity index (χ4n) is 3.14. The summed E-state index contributed by atoms with van der Waals surface area (Å²) in [6.45, 7) is 2.63. The van der Waals surface area contributed by atoms with Crippen molar-refractivity contribution in [2.75, 3.05) is 19.6 Å². The maximum atomic E-state index is 12.1. The van der Waals surface area contributed by atoms with E-state index >= 15 is 0 Å². The maximum absolute atomic E-state index is 12.1. The molecule has 1 saturated heterocycles. The van der Waals surface area contributed by atoms with E-state index < -0.39 is 0 Å². The molecule has 0 radical (unpaired) electrons. The second kappa shape index (κ2) is 5.64. The molecule has 0 aromatic heterocycles. The molecule has 3 heteroatoms. The van der Waals surface area contributed by atoms with Crippen molar-refractivity contribution in [1.29, 1.82) is 0 Å². The predicted molar refractivity (Wildman–Crippen MR) is 76.3 cm³/mol. The first-order chi connectivity index (χ1) is 9.34. The summed E-state index contributed by atoms with van der Waals surface area (Å²) < 4.78 is 0. The van der Waals surface area contributed by atoms with Crippen LogP contribution in [-0.4, -0.2) is 30.6 Å². The van der Waals surface area contributed by atoms with Crippen LogP contribution >= 0.6 is 0 Å². The van der Waals surface area contributed by atoms with Crippen LogP contribution in [0.15, 0.2) is 24.3 Å². The van der Waals surface area contributed by atoms with Gasteiger partial charge >= 0.3 is 6.03 Å². The van der Waals surface area contributed by atoms with Crippen LogP contribution in [0.4, 0.5) is 4.79 Å². The van der Waals surface area contributed by atoms with Crippen molar-refractivity contribution in [3.8, 4) is 0 Å². The Labute approximate surface area is 115 Å². The highest BCUT2D eigenvalue weighted by Crippen LogP contribution is 2.33.